The van der Waals surface area contributed by atoms with Crippen LogP contribution in [0.25, 0.3) is 0 Å². The Kier molecular flexibility index (Phi) is 4.19. The highest BCUT2D eigenvalue weighted by atomic mass is 31.2. The third-order valence-electron chi connectivity index (χ3n) is 2.86. The molecule has 1 unspecified atom stereocenters. The molecule has 0 heterocycles. The van der Waals surface area contributed by atoms with Crippen molar-refractivity contribution in [3.05, 3.63) is 29.3 Å². The molecule has 1 aromatic rings. The molecule has 0 aromatic heterocycles. The zero-order chi connectivity index (χ0) is 15.1. The molecule has 0 spiro atoms. The Morgan fingerprint density at radius 2 is 1.63 bits per heavy atom. The van der Waals surface area contributed by atoms with Gasteiger partial charge in [0.05, 0.1) is 0 Å². The van der Waals surface area contributed by atoms with E-state index in [-0.39, 0.29) is 16.6 Å². The van der Waals surface area contributed by atoms with Crippen LogP contribution in [0.5, 0.6) is 5.75 Å². The molecule has 1 aromatic carbocycles. The van der Waals surface area contributed by atoms with Gasteiger partial charge in [0.2, 0.25) is 0 Å². The predicted octanol–water partition coefficient (Wildman–Crippen LogP) is 4.73. The fourth-order valence-electron chi connectivity index (χ4n) is 1.78. The van der Waals surface area contributed by atoms with Crippen molar-refractivity contribution in [3.8, 4) is 5.75 Å². The Balaban J connectivity index is 3.38. The van der Waals surface area contributed by atoms with Gasteiger partial charge in [-0.05, 0) is 22.5 Å². The number of hydrogen-bond acceptors (Lipinski definition) is 2. The standard InChI is InChI=1S/C14H22FO3P/c1-13(2,3)10-7-8-12(18-19(15,16)17)11(9-10)14(4,5)6/h7-9H,1-6H3,(H,16,17). The van der Waals surface area contributed by atoms with Crippen molar-refractivity contribution in [1.82, 2.24) is 0 Å². The van der Waals surface area contributed by atoms with Gasteiger partial charge in [-0.2, -0.15) is 0 Å². The number of benzene rings is 1. The Morgan fingerprint density at radius 3 is 2.00 bits per heavy atom. The van der Waals surface area contributed by atoms with Crippen LogP contribution in [0, 0.1) is 0 Å². The van der Waals surface area contributed by atoms with E-state index < -0.39 is 7.91 Å². The zero-order valence-corrected chi connectivity index (χ0v) is 13.2. The van der Waals surface area contributed by atoms with Crippen LogP contribution < -0.4 is 4.52 Å². The summed E-state index contributed by atoms with van der Waals surface area (Å²) in [6.07, 6.45) is 0. The largest absolute Gasteiger partial charge is 0.567 e. The maximum absolute atomic E-state index is 12.9. The minimum atomic E-state index is -5.04. The molecule has 19 heavy (non-hydrogen) atoms. The van der Waals surface area contributed by atoms with Crippen molar-refractivity contribution in [2.75, 3.05) is 0 Å². The van der Waals surface area contributed by atoms with Gasteiger partial charge in [-0.3, -0.25) is 4.89 Å². The Morgan fingerprint density at radius 1 is 1.11 bits per heavy atom. The lowest BCUT2D eigenvalue weighted by Crippen LogP contribution is -2.17. The molecule has 5 heteroatoms. The summed E-state index contributed by atoms with van der Waals surface area (Å²) in [5, 5.41) is 0. The van der Waals surface area contributed by atoms with E-state index in [2.05, 4.69) is 25.3 Å². The molecule has 0 bridgehead atoms. The summed E-state index contributed by atoms with van der Waals surface area (Å²) < 4.78 is 28.2. The number of halogens is 1. The van der Waals surface area contributed by atoms with Gasteiger partial charge in [-0.1, -0.05) is 53.7 Å². The molecule has 0 amide bonds. The summed E-state index contributed by atoms with van der Waals surface area (Å²) in [7, 11) is -5.04. The second kappa shape index (κ2) is 4.92. The van der Waals surface area contributed by atoms with Gasteiger partial charge in [0, 0.05) is 5.56 Å². The highest BCUT2D eigenvalue weighted by molar-refractivity contribution is 7.47. The first-order valence-corrected chi connectivity index (χ1v) is 7.64. The molecule has 108 valence electrons. The van der Waals surface area contributed by atoms with Crippen LogP contribution in [0.15, 0.2) is 18.2 Å². The van der Waals surface area contributed by atoms with Crippen LogP contribution >= 0.6 is 7.91 Å². The second-order valence-electron chi connectivity index (χ2n) is 6.75. The maximum atomic E-state index is 12.9. The quantitative estimate of drug-likeness (QED) is 0.800. The van der Waals surface area contributed by atoms with E-state index in [1.54, 1.807) is 12.1 Å². The lowest BCUT2D eigenvalue weighted by atomic mass is 9.80. The van der Waals surface area contributed by atoms with Crippen molar-refractivity contribution in [2.24, 2.45) is 0 Å². The molecule has 0 aliphatic rings. The molecule has 0 aliphatic heterocycles. The van der Waals surface area contributed by atoms with Gasteiger partial charge in [-0.25, -0.2) is 4.57 Å². The molecule has 1 atom stereocenters. The summed E-state index contributed by atoms with van der Waals surface area (Å²) in [6.45, 7) is 12.1. The zero-order valence-electron chi connectivity index (χ0n) is 12.3. The first kappa shape index (κ1) is 16.2. The van der Waals surface area contributed by atoms with E-state index in [4.69, 9.17) is 4.89 Å². The van der Waals surface area contributed by atoms with Gasteiger partial charge >= 0.3 is 7.91 Å². The van der Waals surface area contributed by atoms with Crippen LogP contribution in [0.3, 0.4) is 0 Å². The van der Waals surface area contributed by atoms with E-state index in [0.717, 1.165) is 5.56 Å². The Hall–Kier alpha value is -0.860. The van der Waals surface area contributed by atoms with Crippen molar-refractivity contribution in [1.29, 1.82) is 0 Å². The Labute approximate surface area is 114 Å². The molecule has 0 saturated heterocycles. The minimum Gasteiger partial charge on any atom is -0.401 e. The first-order valence-electron chi connectivity index (χ1n) is 6.18. The van der Waals surface area contributed by atoms with Crippen molar-refractivity contribution in [2.45, 2.75) is 52.4 Å². The van der Waals surface area contributed by atoms with Crippen molar-refractivity contribution < 1.29 is 18.2 Å². The van der Waals surface area contributed by atoms with E-state index in [0.29, 0.717) is 5.56 Å². The smallest absolute Gasteiger partial charge is 0.401 e. The normalized spacial score (nSPS) is 16.0. The average Bonchev–Trinajstić information content (AvgIpc) is 2.11. The van der Waals surface area contributed by atoms with E-state index in [1.807, 2.05) is 26.8 Å². The lowest BCUT2D eigenvalue weighted by Gasteiger charge is -2.27. The molecule has 0 saturated carbocycles. The Bertz CT molecular complexity index is 506. The highest BCUT2D eigenvalue weighted by Crippen LogP contribution is 2.47. The number of hydrogen-bond donors (Lipinski definition) is 1. The monoisotopic (exact) mass is 288 g/mol. The summed E-state index contributed by atoms with van der Waals surface area (Å²) in [4.78, 5) is 8.76. The van der Waals surface area contributed by atoms with Crippen LogP contribution in [-0.2, 0) is 15.4 Å². The molecule has 1 rings (SSSR count). The van der Waals surface area contributed by atoms with Crippen LogP contribution in [0.1, 0.15) is 52.7 Å². The van der Waals surface area contributed by atoms with Crippen LogP contribution in [0.2, 0.25) is 0 Å². The molecule has 0 aliphatic carbocycles. The second-order valence-corrected chi connectivity index (χ2v) is 7.84. The molecule has 1 N–H and O–H groups in total. The predicted molar refractivity (Wildman–Crippen MR) is 75.4 cm³/mol. The minimum absolute atomic E-state index is 0.0584. The molecule has 0 radical (unpaired) electrons. The van der Waals surface area contributed by atoms with Gasteiger partial charge in [0.25, 0.3) is 0 Å². The topological polar surface area (TPSA) is 46.5 Å². The maximum Gasteiger partial charge on any atom is 0.567 e. The van der Waals surface area contributed by atoms with Crippen molar-refractivity contribution in [3.63, 3.8) is 0 Å². The SMILES string of the molecule is CC(C)(C)c1ccc(OP(=O)(O)F)c(C(C)(C)C)c1. The van der Waals surface area contributed by atoms with E-state index >= 15 is 0 Å². The van der Waals surface area contributed by atoms with Gasteiger partial charge in [-0.15, -0.1) is 4.20 Å². The van der Waals surface area contributed by atoms with E-state index in [9.17, 15) is 8.76 Å². The third-order valence-corrected chi connectivity index (χ3v) is 3.29. The fraction of sp³-hybridized carbons (Fsp3) is 0.571. The summed E-state index contributed by atoms with van der Waals surface area (Å²) in [5.74, 6) is 0.119. The summed E-state index contributed by atoms with van der Waals surface area (Å²) in [6, 6.07) is 5.26. The molecular formula is C14H22FO3P. The van der Waals surface area contributed by atoms with Crippen LogP contribution in [-0.4, -0.2) is 4.89 Å². The van der Waals surface area contributed by atoms with Crippen LogP contribution in [0.4, 0.5) is 4.20 Å². The summed E-state index contributed by atoms with van der Waals surface area (Å²) >= 11 is 0. The molecular weight excluding hydrogens is 266 g/mol. The average molecular weight is 288 g/mol. The van der Waals surface area contributed by atoms with Crippen molar-refractivity contribution >= 4 is 7.91 Å². The van der Waals surface area contributed by atoms with Gasteiger partial charge < -0.3 is 4.52 Å². The summed E-state index contributed by atoms with van der Waals surface area (Å²) in [5.41, 5.74) is 1.41. The van der Waals surface area contributed by atoms with Gasteiger partial charge in [0.1, 0.15) is 5.75 Å². The highest BCUT2D eigenvalue weighted by Gasteiger charge is 2.27. The number of rotatable bonds is 2. The first-order chi connectivity index (χ1) is 8.31. The molecule has 0 fully saturated rings. The fourth-order valence-corrected chi connectivity index (χ4v) is 2.19. The third kappa shape index (κ3) is 4.63. The lowest BCUT2D eigenvalue weighted by molar-refractivity contribution is 0.326. The van der Waals surface area contributed by atoms with E-state index in [1.165, 1.54) is 0 Å². The van der Waals surface area contributed by atoms with Gasteiger partial charge in [0.15, 0.2) is 0 Å². The molecule has 3 nitrogen and oxygen atoms in total.